The van der Waals surface area contributed by atoms with Gasteiger partial charge in [0.1, 0.15) is 0 Å². The van der Waals surface area contributed by atoms with Gasteiger partial charge in [-0.15, -0.1) is 0 Å². The van der Waals surface area contributed by atoms with Crippen molar-refractivity contribution in [2.24, 2.45) is 5.41 Å². The van der Waals surface area contributed by atoms with Crippen LogP contribution in [0.4, 0.5) is 0 Å². The molecule has 0 aromatic heterocycles. The van der Waals surface area contributed by atoms with Crippen molar-refractivity contribution in [1.29, 1.82) is 5.39 Å². The Kier molecular flexibility index (Phi) is 3.06. The van der Waals surface area contributed by atoms with Crippen molar-refractivity contribution < 1.29 is 19.5 Å². The van der Waals surface area contributed by atoms with E-state index in [1.54, 1.807) is 0 Å². The Morgan fingerprint density at radius 1 is 1.73 bits per heavy atom. The predicted molar refractivity (Wildman–Crippen MR) is 44.0 cm³/mol. The average molecular weight is 215 g/mol. The molecule has 15 heavy (non-hydrogen) atoms. The van der Waals surface area contributed by atoms with Crippen LogP contribution in [0.2, 0.25) is 0 Å². The van der Waals surface area contributed by atoms with Crippen LogP contribution in [0.15, 0.2) is 11.8 Å². The van der Waals surface area contributed by atoms with Crippen molar-refractivity contribution in [2.45, 2.75) is 6.92 Å². The minimum Gasteiger partial charge on any atom is -0.602 e. The van der Waals surface area contributed by atoms with E-state index in [1.807, 2.05) is 6.92 Å². The Morgan fingerprint density at radius 2 is 2.33 bits per heavy atom. The molecule has 0 N–H and O–H groups in total. The summed E-state index contributed by atoms with van der Waals surface area (Å²) in [6.07, 6.45) is 0. The molecule has 0 amide bonds. The van der Waals surface area contributed by atoms with Crippen LogP contribution in [-0.2, 0) is 9.47 Å². The molecule has 0 spiro atoms. The van der Waals surface area contributed by atoms with Gasteiger partial charge in [-0.3, -0.25) is 10.1 Å². The van der Waals surface area contributed by atoms with Gasteiger partial charge in [-0.1, -0.05) is 6.92 Å². The van der Waals surface area contributed by atoms with Crippen molar-refractivity contribution in [3.8, 4) is 0 Å². The quantitative estimate of drug-likeness (QED) is 0.274. The molecule has 0 bridgehead atoms. The van der Waals surface area contributed by atoms with E-state index in [4.69, 9.17) is 10.1 Å². The Bertz CT molecular complexity index is 341. The van der Waals surface area contributed by atoms with Crippen LogP contribution in [0.25, 0.3) is 4.98 Å². The van der Waals surface area contributed by atoms with Gasteiger partial charge >= 0.3 is 5.82 Å². The summed E-state index contributed by atoms with van der Waals surface area (Å²) in [4.78, 5) is 11.3. The van der Waals surface area contributed by atoms with Gasteiger partial charge in [0.05, 0.1) is 13.2 Å². The van der Waals surface area contributed by atoms with Crippen molar-refractivity contribution >= 4 is 0 Å². The highest BCUT2D eigenvalue weighted by atomic mass is 16.6. The fourth-order valence-corrected chi connectivity index (χ4v) is 0.990. The van der Waals surface area contributed by atoms with Crippen molar-refractivity contribution in [3.05, 3.63) is 26.9 Å². The van der Waals surface area contributed by atoms with Gasteiger partial charge in [0.15, 0.2) is 4.92 Å². The average Bonchev–Trinajstić information content (AvgIpc) is 2.12. The monoisotopic (exact) mass is 215 g/mol. The zero-order valence-corrected chi connectivity index (χ0v) is 8.00. The molecule has 1 heterocycles. The van der Waals surface area contributed by atoms with E-state index in [0.717, 1.165) is 0 Å². The Labute approximate surface area is 84.9 Å². The molecule has 0 radical (unpaired) electrons. The fraction of sp³-hybridized carbons (Fsp3) is 0.714. The summed E-state index contributed by atoms with van der Waals surface area (Å²) in [7, 11) is 0. The van der Waals surface area contributed by atoms with E-state index in [1.165, 1.54) is 0 Å². The van der Waals surface area contributed by atoms with E-state index < -0.39 is 16.7 Å². The molecule has 8 heteroatoms. The van der Waals surface area contributed by atoms with Gasteiger partial charge in [-0.05, 0) is 0 Å². The molecule has 1 rings (SSSR count). The predicted octanol–water partition coefficient (Wildman–Crippen LogP) is -0.344. The Balaban J connectivity index is 2.57. The molecule has 0 aromatic rings. The summed E-state index contributed by atoms with van der Waals surface area (Å²) in [6.45, 7) is 2.68. The third kappa shape index (κ3) is 2.54. The van der Waals surface area contributed by atoms with E-state index in [9.17, 15) is 15.2 Å². The Hall–Kier alpha value is -1.88. The van der Waals surface area contributed by atoms with Gasteiger partial charge in [0, 0.05) is 12.0 Å². The summed E-state index contributed by atoms with van der Waals surface area (Å²) < 4.78 is 9.51. The molecule has 0 atom stereocenters. The first-order valence-electron chi connectivity index (χ1n) is 4.10. The van der Waals surface area contributed by atoms with Crippen molar-refractivity contribution in [3.63, 3.8) is 0 Å². The standard InChI is InChI=1S/C7H9N3O5/c1-7(2-14-3-7)4-15-6(11)5(9-8)10(12)13/h2-4H2,1H3. The topological polar surface area (TPSA) is 113 Å². The second-order valence-corrected chi connectivity index (χ2v) is 3.56. The molecule has 82 valence electrons. The number of diazo groups is 1. The van der Waals surface area contributed by atoms with Gasteiger partial charge < -0.3 is 14.6 Å². The number of hydrogen-bond acceptors (Lipinski definition) is 6. The zero-order valence-electron chi connectivity index (χ0n) is 8.00. The van der Waals surface area contributed by atoms with Crippen molar-refractivity contribution in [2.75, 3.05) is 19.8 Å². The molecule has 1 fully saturated rings. The van der Waals surface area contributed by atoms with E-state index in [2.05, 4.69) is 9.71 Å². The molecular formula is C7H9N3O5. The summed E-state index contributed by atoms with van der Waals surface area (Å²) in [5.41, 5.74) is -0.299. The highest BCUT2D eigenvalue weighted by Crippen LogP contribution is 2.27. The second-order valence-electron chi connectivity index (χ2n) is 3.56. The maximum atomic E-state index is 11.0. The number of hydrogen-bond donors (Lipinski definition) is 0. The first-order chi connectivity index (χ1) is 6.98. The summed E-state index contributed by atoms with van der Waals surface area (Å²) in [5.74, 6) is -2.48. The van der Waals surface area contributed by atoms with Gasteiger partial charge in [-0.25, -0.2) is 0 Å². The molecule has 0 saturated carbocycles. The van der Waals surface area contributed by atoms with Crippen LogP contribution in [-0.4, -0.2) is 24.7 Å². The zero-order chi connectivity index (χ0) is 11.5. The smallest absolute Gasteiger partial charge is 0.602 e. The maximum absolute atomic E-state index is 11.0. The van der Waals surface area contributed by atoms with E-state index in [-0.39, 0.29) is 12.0 Å². The summed E-state index contributed by atoms with van der Waals surface area (Å²) >= 11 is 0. The third-order valence-corrected chi connectivity index (χ3v) is 1.90. The highest BCUT2D eigenvalue weighted by molar-refractivity contribution is 4.98. The first-order valence-corrected chi connectivity index (χ1v) is 4.10. The molecule has 0 aliphatic carbocycles. The minimum absolute atomic E-state index is 0.00130. The number of ether oxygens (including phenoxy) is 2. The van der Waals surface area contributed by atoms with E-state index >= 15 is 0 Å². The number of nitro groups is 1. The van der Waals surface area contributed by atoms with Crippen LogP contribution in [0.3, 0.4) is 0 Å². The third-order valence-electron chi connectivity index (χ3n) is 1.90. The lowest BCUT2D eigenvalue weighted by Crippen LogP contribution is -2.44. The Morgan fingerprint density at radius 3 is 2.67 bits per heavy atom. The molecular weight excluding hydrogens is 206 g/mol. The molecule has 0 aromatic carbocycles. The highest BCUT2D eigenvalue weighted by Gasteiger charge is 2.34. The molecule has 1 aliphatic heterocycles. The van der Waals surface area contributed by atoms with Gasteiger partial charge in [0.2, 0.25) is 11.3 Å². The molecule has 0 unspecified atom stereocenters. The number of rotatable bonds is 4. The largest absolute Gasteiger partial charge is 0.689 e. The van der Waals surface area contributed by atoms with Crippen molar-refractivity contribution in [1.82, 2.24) is 0 Å². The van der Waals surface area contributed by atoms with Crippen LogP contribution < -0.4 is 5.11 Å². The lowest BCUT2D eigenvalue weighted by atomic mass is 9.90. The minimum atomic E-state index is -1.25. The maximum Gasteiger partial charge on any atom is 0.689 e. The SMILES string of the molecule is CC1(COC([O-])=C([N+]#N)[N+](=O)[O-])COC1. The molecule has 1 saturated heterocycles. The van der Waals surface area contributed by atoms with Crippen LogP contribution in [0.1, 0.15) is 6.92 Å². The van der Waals surface area contributed by atoms with Crippen LogP contribution >= 0.6 is 0 Å². The lowest BCUT2D eigenvalue weighted by Gasteiger charge is -2.40. The number of nitrogens with zero attached hydrogens (tertiary/aromatic N) is 3. The first kappa shape index (κ1) is 11.2. The van der Waals surface area contributed by atoms with Crippen LogP contribution in [0, 0.1) is 20.9 Å². The lowest BCUT2D eigenvalue weighted by molar-refractivity contribution is -0.452. The van der Waals surface area contributed by atoms with Gasteiger partial charge in [-0.2, -0.15) is 0 Å². The fourth-order valence-electron chi connectivity index (χ4n) is 0.990. The normalized spacial score (nSPS) is 19.5. The second kappa shape index (κ2) is 4.10. The van der Waals surface area contributed by atoms with Gasteiger partial charge in [0.25, 0.3) is 4.98 Å². The molecule has 8 nitrogen and oxygen atoms in total. The van der Waals surface area contributed by atoms with Crippen LogP contribution in [0.5, 0.6) is 0 Å². The molecule has 1 aliphatic rings. The summed E-state index contributed by atoms with van der Waals surface area (Å²) in [6, 6.07) is 0. The summed E-state index contributed by atoms with van der Waals surface area (Å²) in [5, 5.41) is 29.4. The van der Waals surface area contributed by atoms with E-state index in [0.29, 0.717) is 13.2 Å².